The molecule has 0 fully saturated rings. The first-order valence-electron chi connectivity index (χ1n) is 6.01. The minimum Gasteiger partial charge on any atom is -0.338 e. The molecule has 1 atom stereocenters. The van der Waals surface area contributed by atoms with Crippen molar-refractivity contribution < 1.29 is 4.52 Å². The lowest BCUT2D eigenvalue weighted by Gasteiger charge is -2.03. The molecule has 0 saturated carbocycles. The molecule has 0 bridgehead atoms. The second-order valence-corrected chi connectivity index (χ2v) is 6.04. The van der Waals surface area contributed by atoms with Gasteiger partial charge >= 0.3 is 0 Å². The summed E-state index contributed by atoms with van der Waals surface area (Å²) in [6, 6.07) is 7.83. The molecule has 0 aliphatic heterocycles. The molecule has 102 valence electrons. The summed E-state index contributed by atoms with van der Waals surface area (Å²) in [5.41, 5.74) is 7.13. The fourth-order valence-electron chi connectivity index (χ4n) is 1.67. The summed E-state index contributed by atoms with van der Waals surface area (Å²) in [5.74, 6) is 2.18. The molecule has 2 rings (SSSR count). The van der Waals surface area contributed by atoms with Crippen molar-refractivity contribution in [2.45, 2.75) is 18.9 Å². The van der Waals surface area contributed by atoms with Gasteiger partial charge in [0.25, 0.3) is 0 Å². The highest BCUT2D eigenvalue weighted by molar-refractivity contribution is 9.10. The van der Waals surface area contributed by atoms with E-state index < -0.39 is 0 Å². The quantitative estimate of drug-likeness (QED) is 0.873. The van der Waals surface area contributed by atoms with E-state index in [0.29, 0.717) is 18.1 Å². The van der Waals surface area contributed by atoms with E-state index in [1.165, 1.54) is 0 Å². The van der Waals surface area contributed by atoms with E-state index in [4.69, 9.17) is 10.3 Å². The van der Waals surface area contributed by atoms with Crippen LogP contribution in [0.4, 0.5) is 0 Å². The smallest absolute Gasteiger partial charge is 0.243 e. The summed E-state index contributed by atoms with van der Waals surface area (Å²) in [6.45, 7) is 0. The summed E-state index contributed by atoms with van der Waals surface area (Å²) < 4.78 is 6.27. The summed E-state index contributed by atoms with van der Waals surface area (Å²) in [6.07, 6.45) is 3.54. The van der Waals surface area contributed by atoms with Crippen molar-refractivity contribution in [1.29, 1.82) is 0 Å². The van der Waals surface area contributed by atoms with Crippen LogP contribution in [0.5, 0.6) is 0 Å². The van der Waals surface area contributed by atoms with Gasteiger partial charge in [0.2, 0.25) is 5.89 Å². The van der Waals surface area contributed by atoms with Crippen molar-refractivity contribution in [3.63, 3.8) is 0 Å². The van der Waals surface area contributed by atoms with Crippen LogP contribution < -0.4 is 5.73 Å². The molecule has 4 nitrogen and oxygen atoms in total. The van der Waals surface area contributed by atoms with Gasteiger partial charge in [0.1, 0.15) is 0 Å². The third-order valence-electron chi connectivity index (χ3n) is 2.74. The largest absolute Gasteiger partial charge is 0.338 e. The second kappa shape index (κ2) is 7.07. The van der Waals surface area contributed by atoms with E-state index in [1.807, 2.05) is 24.3 Å². The summed E-state index contributed by atoms with van der Waals surface area (Å²) >= 11 is 5.27. The van der Waals surface area contributed by atoms with E-state index in [2.05, 4.69) is 32.3 Å². The van der Waals surface area contributed by atoms with E-state index in [9.17, 15) is 0 Å². The summed E-state index contributed by atoms with van der Waals surface area (Å²) in [7, 11) is 0. The molecule has 2 aromatic rings. The molecule has 1 aromatic heterocycles. The monoisotopic (exact) mass is 341 g/mol. The lowest BCUT2D eigenvalue weighted by molar-refractivity contribution is 0.349. The van der Waals surface area contributed by atoms with Crippen molar-refractivity contribution >= 4 is 27.7 Å². The maximum atomic E-state index is 6.00. The maximum absolute atomic E-state index is 6.00. The normalized spacial score (nSPS) is 12.6. The number of nitrogens with zero attached hydrogens (tertiary/aromatic N) is 2. The molecule has 0 aliphatic rings. The van der Waals surface area contributed by atoms with Crippen LogP contribution >= 0.6 is 27.7 Å². The van der Waals surface area contributed by atoms with Crippen LogP contribution in [0.1, 0.15) is 29.7 Å². The van der Waals surface area contributed by atoms with Crippen LogP contribution in [0.2, 0.25) is 0 Å². The first kappa shape index (κ1) is 14.6. The predicted octanol–water partition coefficient (Wildman–Crippen LogP) is 3.18. The molecule has 0 unspecified atom stereocenters. The second-order valence-electron chi connectivity index (χ2n) is 4.20. The van der Waals surface area contributed by atoms with Crippen molar-refractivity contribution in [3.05, 3.63) is 46.0 Å². The van der Waals surface area contributed by atoms with Gasteiger partial charge in [0.05, 0.1) is 6.04 Å². The maximum Gasteiger partial charge on any atom is 0.243 e. The lowest BCUT2D eigenvalue weighted by atomic mass is 10.1. The minimum absolute atomic E-state index is 0.173. The zero-order chi connectivity index (χ0) is 13.7. The molecule has 2 N–H and O–H groups in total. The number of thioether (sulfide) groups is 1. The molecule has 0 aliphatic carbocycles. The van der Waals surface area contributed by atoms with E-state index in [0.717, 1.165) is 22.2 Å². The van der Waals surface area contributed by atoms with Gasteiger partial charge in [-0.2, -0.15) is 16.7 Å². The number of hydrogen-bond acceptors (Lipinski definition) is 5. The van der Waals surface area contributed by atoms with Crippen molar-refractivity contribution in [2.75, 3.05) is 12.0 Å². The molecule has 0 saturated heterocycles. The van der Waals surface area contributed by atoms with E-state index in [1.54, 1.807) is 11.8 Å². The Morgan fingerprint density at radius 2 is 2.21 bits per heavy atom. The Labute approximate surface area is 125 Å². The Morgan fingerprint density at radius 1 is 1.42 bits per heavy atom. The van der Waals surface area contributed by atoms with Gasteiger partial charge < -0.3 is 10.3 Å². The summed E-state index contributed by atoms with van der Waals surface area (Å²) in [4.78, 5) is 4.37. The lowest BCUT2D eigenvalue weighted by Crippen LogP contribution is -2.11. The van der Waals surface area contributed by atoms with Gasteiger partial charge in [-0.15, -0.1) is 0 Å². The van der Waals surface area contributed by atoms with E-state index in [-0.39, 0.29) is 6.04 Å². The van der Waals surface area contributed by atoms with Crippen LogP contribution in [0, 0.1) is 0 Å². The van der Waals surface area contributed by atoms with Gasteiger partial charge in [-0.25, -0.2) is 0 Å². The molecule has 19 heavy (non-hydrogen) atoms. The summed E-state index contributed by atoms with van der Waals surface area (Å²) in [5, 5.41) is 3.99. The molecule has 0 amide bonds. The van der Waals surface area contributed by atoms with Crippen molar-refractivity contribution in [1.82, 2.24) is 10.1 Å². The highest BCUT2D eigenvalue weighted by atomic mass is 79.9. The van der Waals surface area contributed by atoms with Gasteiger partial charge in [-0.1, -0.05) is 39.3 Å². The number of hydrogen-bond donors (Lipinski definition) is 1. The highest BCUT2D eigenvalue weighted by Gasteiger charge is 2.15. The van der Waals surface area contributed by atoms with Crippen LogP contribution in [-0.4, -0.2) is 22.1 Å². The standard InChI is InChI=1S/C13H16BrN3OS/c1-19-7-6-11(15)13-16-12(17-18-13)8-9-4-2-3-5-10(9)14/h2-5,11H,6-8,15H2,1H3/t11-/m1/s1. The third kappa shape index (κ3) is 4.06. The number of rotatable bonds is 6. The fraction of sp³-hybridized carbons (Fsp3) is 0.385. The molecule has 1 aromatic carbocycles. The third-order valence-corrected chi connectivity index (χ3v) is 4.16. The molecule has 0 radical (unpaired) electrons. The van der Waals surface area contributed by atoms with Crippen LogP contribution in [-0.2, 0) is 6.42 Å². The van der Waals surface area contributed by atoms with Crippen LogP contribution in [0.25, 0.3) is 0 Å². The van der Waals surface area contributed by atoms with Crippen LogP contribution in [0.15, 0.2) is 33.3 Å². The first-order valence-corrected chi connectivity index (χ1v) is 8.19. The Balaban J connectivity index is 2.03. The number of halogens is 1. The fourth-order valence-corrected chi connectivity index (χ4v) is 2.58. The minimum atomic E-state index is -0.173. The molecule has 0 spiro atoms. The number of nitrogens with two attached hydrogens (primary N) is 1. The number of aromatic nitrogens is 2. The molecular formula is C13H16BrN3OS. The SMILES string of the molecule is CSCC[C@@H](N)c1nc(Cc2ccccc2Br)no1. The van der Waals surface area contributed by atoms with E-state index >= 15 is 0 Å². The average molecular weight is 342 g/mol. The first-order chi connectivity index (χ1) is 9.20. The van der Waals surface area contributed by atoms with Crippen molar-refractivity contribution in [3.8, 4) is 0 Å². The zero-order valence-electron chi connectivity index (χ0n) is 10.7. The van der Waals surface area contributed by atoms with Crippen molar-refractivity contribution in [2.24, 2.45) is 5.73 Å². The zero-order valence-corrected chi connectivity index (χ0v) is 13.1. The topological polar surface area (TPSA) is 64.9 Å². The average Bonchev–Trinajstić information content (AvgIpc) is 2.87. The Morgan fingerprint density at radius 3 is 2.95 bits per heavy atom. The van der Waals surface area contributed by atoms with Gasteiger partial charge in [0.15, 0.2) is 5.82 Å². The van der Waals surface area contributed by atoms with Gasteiger partial charge in [-0.05, 0) is 30.1 Å². The molecular weight excluding hydrogens is 326 g/mol. The molecule has 6 heteroatoms. The predicted molar refractivity (Wildman–Crippen MR) is 81.2 cm³/mol. The molecule has 1 heterocycles. The Hall–Kier alpha value is -0.850. The Bertz CT molecular complexity index is 532. The van der Waals surface area contributed by atoms with Crippen LogP contribution in [0.3, 0.4) is 0 Å². The Kier molecular flexibility index (Phi) is 5.42. The highest BCUT2D eigenvalue weighted by Crippen LogP contribution is 2.20. The number of benzene rings is 1. The van der Waals surface area contributed by atoms with Gasteiger partial charge in [0, 0.05) is 10.9 Å². The van der Waals surface area contributed by atoms with Gasteiger partial charge in [-0.3, -0.25) is 0 Å².